The zero-order valence-electron chi connectivity index (χ0n) is 11.8. The zero-order chi connectivity index (χ0) is 13.8. The monoisotopic (exact) mass is 254 g/mol. The van der Waals surface area contributed by atoms with Crippen LogP contribution in [0.5, 0.6) is 0 Å². The molecule has 5 heteroatoms. The van der Waals surface area contributed by atoms with Gasteiger partial charge in [0.25, 0.3) is 0 Å². The van der Waals surface area contributed by atoms with Crippen LogP contribution in [0.25, 0.3) is 0 Å². The molecule has 0 aliphatic heterocycles. The fourth-order valence-corrected chi connectivity index (χ4v) is 1.45. The molecule has 0 saturated carbocycles. The minimum atomic E-state index is -0.0487. The summed E-state index contributed by atoms with van der Waals surface area (Å²) < 4.78 is 0. The van der Waals surface area contributed by atoms with Gasteiger partial charge in [0.2, 0.25) is 5.91 Å². The minimum absolute atomic E-state index is 0.0487. The van der Waals surface area contributed by atoms with Crippen LogP contribution < -0.4 is 10.6 Å². The molecular formula is C13H26N4O. The van der Waals surface area contributed by atoms with Crippen LogP contribution in [0, 0.1) is 0 Å². The van der Waals surface area contributed by atoms with Crippen LogP contribution in [0.4, 0.5) is 0 Å². The summed E-state index contributed by atoms with van der Waals surface area (Å²) in [6.07, 6.45) is 3.93. The second-order valence-corrected chi connectivity index (χ2v) is 3.98. The number of aliphatic imine (C=N–C) groups is 1. The van der Waals surface area contributed by atoms with E-state index in [9.17, 15) is 4.79 Å². The van der Waals surface area contributed by atoms with E-state index in [1.165, 1.54) is 0 Å². The minimum Gasteiger partial charge on any atom is -0.357 e. The smallest absolute Gasteiger partial charge is 0.241 e. The van der Waals surface area contributed by atoms with Crippen molar-refractivity contribution in [3.63, 3.8) is 0 Å². The van der Waals surface area contributed by atoms with Gasteiger partial charge in [-0.15, -0.1) is 6.58 Å². The van der Waals surface area contributed by atoms with Gasteiger partial charge in [0.1, 0.15) is 6.54 Å². The highest BCUT2D eigenvalue weighted by Crippen LogP contribution is 1.94. The molecule has 0 aromatic carbocycles. The van der Waals surface area contributed by atoms with Gasteiger partial charge >= 0.3 is 0 Å². The van der Waals surface area contributed by atoms with Crippen LogP contribution >= 0.6 is 0 Å². The number of unbranched alkanes of at least 4 members (excludes halogenated alkanes) is 1. The third kappa shape index (κ3) is 7.70. The molecule has 2 N–H and O–H groups in total. The van der Waals surface area contributed by atoms with Crippen molar-refractivity contribution in [1.82, 2.24) is 15.5 Å². The highest BCUT2D eigenvalue weighted by molar-refractivity contribution is 5.84. The van der Waals surface area contributed by atoms with Crippen LogP contribution in [0.3, 0.4) is 0 Å². The highest BCUT2D eigenvalue weighted by atomic mass is 16.1. The van der Waals surface area contributed by atoms with Crippen LogP contribution in [0.1, 0.15) is 26.7 Å². The molecule has 18 heavy (non-hydrogen) atoms. The van der Waals surface area contributed by atoms with Crippen molar-refractivity contribution in [2.24, 2.45) is 4.99 Å². The van der Waals surface area contributed by atoms with Crippen LogP contribution in [-0.2, 0) is 4.79 Å². The number of hydrogen-bond acceptors (Lipinski definition) is 2. The first-order chi connectivity index (χ1) is 8.65. The summed E-state index contributed by atoms with van der Waals surface area (Å²) in [6, 6.07) is 0. The lowest BCUT2D eigenvalue weighted by Gasteiger charge is -2.21. The fourth-order valence-electron chi connectivity index (χ4n) is 1.45. The number of guanidine groups is 1. The zero-order valence-corrected chi connectivity index (χ0v) is 11.8. The molecule has 0 heterocycles. The second kappa shape index (κ2) is 10.6. The summed E-state index contributed by atoms with van der Waals surface area (Å²) in [5.74, 6) is 0.722. The number of amides is 1. The Labute approximate surface area is 110 Å². The Bertz CT molecular complexity index is 276. The number of allylic oxidation sites excluding steroid dienone is 1. The highest BCUT2D eigenvalue weighted by Gasteiger charge is 2.05. The van der Waals surface area contributed by atoms with Gasteiger partial charge in [-0.2, -0.15) is 0 Å². The molecule has 104 valence electrons. The van der Waals surface area contributed by atoms with Gasteiger partial charge < -0.3 is 15.5 Å². The molecular weight excluding hydrogens is 228 g/mol. The predicted octanol–water partition coefficient (Wildman–Crippen LogP) is 0.986. The van der Waals surface area contributed by atoms with Crippen molar-refractivity contribution < 1.29 is 4.79 Å². The molecule has 1 amide bonds. The molecule has 0 spiro atoms. The van der Waals surface area contributed by atoms with Gasteiger partial charge in [0.15, 0.2) is 5.96 Å². The lowest BCUT2D eigenvalue weighted by Crippen LogP contribution is -2.40. The number of nitrogens with zero attached hydrogens (tertiary/aromatic N) is 2. The summed E-state index contributed by atoms with van der Waals surface area (Å²) >= 11 is 0. The standard InChI is InChI=1S/C13H26N4O/c1-5-8-9-10-17(4)13(15-7-3)16-11-12(18)14-6-2/h5H,1,6-11H2,2-4H3,(H,14,18)(H,15,16). The maximum atomic E-state index is 11.4. The average Bonchev–Trinajstić information content (AvgIpc) is 2.35. The van der Waals surface area contributed by atoms with Crippen LogP contribution in [0.15, 0.2) is 17.6 Å². The molecule has 0 unspecified atom stereocenters. The molecule has 0 rings (SSSR count). The van der Waals surface area contributed by atoms with E-state index in [1.807, 2.05) is 31.9 Å². The Morgan fingerprint density at radius 1 is 1.33 bits per heavy atom. The molecule has 0 fully saturated rings. The topological polar surface area (TPSA) is 56.7 Å². The molecule has 0 aromatic rings. The fraction of sp³-hybridized carbons (Fsp3) is 0.692. The van der Waals surface area contributed by atoms with Crippen molar-refractivity contribution in [2.75, 3.05) is 33.2 Å². The van der Waals surface area contributed by atoms with Gasteiger partial charge in [0.05, 0.1) is 0 Å². The van der Waals surface area contributed by atoms with E-state index in [-0.39, 0.29) is 12.5 Å². The van der Waals surface area contributed by atoms with Gasteiger partial charge in [-0.05, 0) is 26.7 Å². The average molecular weight is 254 g/mol. The van der Waals surface area contributed by atoms with E-state index in [4.69, 9.17) is 0 Å². The van der Waals surface area contributed by atoms with E-state index in [0.717, 1.165) is 31.9 Å². The number of rotatable bonds is 8. The number of hydrogen-bond donors (Lipinski definition) is 2. The van der Waals surface area contributed by atoms with E-state index in [0.29, 0.717) is 6.54 Å². The largest absolute Gasteiger partial charge is 0.357 e. The Balaban J connectivity index is 4.28. The van der Waals surface area contributed by atoms with Gasteiger partial charge in [-0.1, -0.05) is 6.08 Å². The maximum Gasteiger partial charge on any atom is 0.241 e. The van der Waals surface area contributed by atoms with Crippen molar-refractivity contribution in [1.29, 1.82) is 0 Å². The van der Waals surface area contributed by atoms with Gasteiger partial charge in [-0.25, -0.2) is 4.99 Å². The van der Waals surface area contributed by atoms with Crippen molar-refractivity contribution in [3.8, 4) is 0 Å². The van der Waals surface area contributed by atoms with E-state index >= 15 is 0 Å². The lowest BCUT2D eigenvalue weighted by atomic mass is 10.3. The van der Waals surface area contributed by atoms with E-state index < -0.39 is 0 Å². The molecule has 0 aliphatic carbocycles. The summed E-state index contributed by atoms with van der Waals surface area (Å²) in [7, 11) is 1.97. The van der Waals surface area contributed by atoms with Crippen molar-refractivity contribution in [3.05, 3.63) is 12.7 Å². The Kier molecular flexibility index (Phi) is 9.73. The number of likely N-dealkylation sites (N-methyl/N-ethyl adjacent to an activating group) is 1. The molecule has 5 nitrogen and oxygen atoms in total. The molecule has 0 saturated heterocycles. The summed E-state index contributed by atoms with van der Waals surface area (Å²) in [4.78, 5) is 17.7. The first kappa shape index (κ1) is 16.5. The van der Waals surface area contributed by atoms with Crippen LogP contribution in [0.2, 0.25) is 0 Å². The first-order valence-corrected chi connectivity index (χ1v) is 6.52. The second-order valence-electron chi connectivity index (χ2n) is 3.98. The predicted molar refractivity (Wildman–Crippen MR) is 76.7 cm³/mol. The SMILES string of the molecule is C=CCCCN(C)C(=NCC(=O)NCC)NCC. The summed E-state index contributed by atoms with van der Waals surface area (Å²) in [6.45, 7) is 10.1. The molecule has 0 aromatic heterocycles. The Hall–Kier alpha value is -1.52. The summed E-state index contributed by atoms with van der Waals surface area (Å²) in [5.41, 5.74) is 0. The molecule has 0 bridgehead atoms. The first-order valence-electron chi connectivity index (χ1n) is 6.52. The Morgan fingerprint density at radius 2 is 2.00 bits per heavy atom. The van der Waals surface area contributed by atoms with Crippen LogP contribution in [-0.4, -0.2) is 50.0 Å². The lowest BCUT2D eigenvalue weighted by molar-refractivity contribution is -0.119. The summed E-state index contributed by atoms with van der Waals surface area (Å²) in [5, 5.41) is 5.91. The Morgan fingerprint density at radius 3 is 2.56 bits per heavy atom. The van der Waals surface area contributed by atoms with Crippen molar-refractivity contribution in [2.45, 2.75) is 26.7 Å². The number of nitrogens with one attached hydrogen (secondary N) is 2. The van der Waals surface area contributed by atoms with Gasteiger partial charge in [-0.3, -0.25) is 4.79 Å². The van der Waals surface area contributed by atoms with Gasteiger partial charge in [0, 0.05) is 26.7 Å². The number of carbonyl (C=O) groups excluding carboxylic acids is 1. The van der Waals surface area contributed by atoms with E-state index in [2.05, 4.69) is 22.2 Å². The molecule has 0 atom stereocenters. The number of carbonyl (C=O) groups is 1. The molecule has 0 radical (unpaired) electrons. The maximum absolute atomic E-state index is 11.4. The molecule has 0 aliphatic rings. The quantitative estimate of drug-likeness (QED) is 0.294. The van der Waals surface area contributed by atoms with E-state index in [1.54, 1.807) is 0 Å². The van der Waals surface area contributed by atoms with Crippen molar-refractivity contribution >= 4 is 11.9 Å². The third-order valence-corrected chi connectivity index (χ3v) is 2.34. The normalized spacial score (nSPS) is 10.9. The third-order valence-electron chi connectivity index (χ3n) is 2.34.